The van der Waals surface area contributed by atoms with Gasteiger partial charge in [0, 0.05) is 11.1 Å². The number of carbonyl (C=O) groups is 2. The van der Waals surface area contributed by atoms with E-state index >= 15 is 0 Å². The minimum atomic E-state index is -1.04. The van der Waals surface area contributed by atoms with Gasteiger partial charge >= 0.3 is 6.16 Å². The quantitative estimate of drug-likeness (QED) is 0.398. The molecule has 152 valence electrons. The van der Waals surface area contributed by atoms with E-state index < -0.39 is 17.7 Å². The van der Waals surface area contributed by atoms with Crippen molar-refractivity contribution >= 4 is 12.4 Å². The second kappa shape index (κ2) is 8.41. The summed E-state index contributed by atoms with van der Waals surface area (Å²) in [7, 11) is 0. The summed E-state index contributed by atoms with van der Waals surface area (Å²) in [5, 5.41) is 0. The monoisotopic (exact) mass is 402 g/mol. The maximum absolute atomic E-state index is 12.7. The van der Waals surface area contributed by atoms with Crippen molar-refractivity contribution in [1.29, 1.82) is 0 Å². The zero-order valence-electron chi connectivity index (χ0n) is 16.6. The smallest absolute Gasteiger partial charge is 0.456 e. The maximum Gasteiger partial charge on any atom is 0.509 e. The summed E-state index contributed by atoms with van der Waals surface area (Å²) in [5.74, 6) is 0.729. The van der Waals surface area contributed by atoms with Crippen LogP contribution in [0.2, 0.25) is 0 Å². The van der Waals surface area contributed by atoms with Crippen molar-refractivity contribution in [1.82, 2.24) is 0 Å². The lowest BCUT2D eigenvalue weighted by Crippen LogP contribution is -2.36. The molecule has 3 aromatic rings. The molecule has 0 aliphatic carbocycles. The molecule has 0 saturated carbocycles. The first-order chi connectivity index (χ1) is 14.7. The Bertz CT molecular complexity index is 999. The average Bonchev–Trinajstić information content (AvgIpc) is 2.80. The van der Waals surface area contributed by atoms with E-state index in [1.54, 1.807) is 0 Å². The standard InChI is InChI=1S/C25H22O5/c1-2-25(30-24(27)28-17-19(16-26)18-10-4-3-5-11-18)20-12-6-8-14-22(20)29-23-15-9-7-13-21(23)25/h3-16,19H,2,17H2,1H3. The highest BCUT2D eigenvalue weighted by atomic mass is 16.7. The third-order valence-corrected chi connectivity index (χ3v) is 5.39. The highest BCUT2D eigenvalue weighted by Crippen LogP contribution is 2.50. The number of hydrogen-bond acceptors (Lipinski definition) is 5. The van der Waals surface area contributed by atoms with Gasteiger partial charge in [0.1, 0.15) is 24.4 Å². The molecule has 1 atom stereocenters. The molecule has 0 aromatic heterocycles. The normalized spacial score (nSPS) is 14.4. The van der Waals surface area contributed by atoms with Crippen LogP contribution in [0.4, 0.5) is 4.79 Å². The lowest BCUT2D eigenvalue weighted by molar-refractivity contribution is -0.110. The number of fused-ring (bicyclic) bond motifs is 2. The molecule has 0 radical (unpaired) electrons. The Kier molecular flexibility index (Phi) is 5.53. The van der Waals surface area contributed by atoms with E-state index in [0.29, 0.717) is 17.9 Å². The van der Waals surface area contributed by atoms with Crippen LogP contribution in [0, 0.1) is 0 Å². The molecule has 3 aromatic carbocycles. The van der Waals surface area contributed by atoms with Crippen LogP contribution >= 0.6 is 0 Å². The predicted octanol–water partition coefficient (Wildman–Crippen LogP) is 5.58. The molecule has 5 heteroatoms. The fourth-order valence-corrected chi connectivity index (χ4v) is 3.85. The SMILES string of the molecule is CCC1(OC(=O)OCC(C=O)c2ccccc2)c2ccccc2Oc2ccccc21. The Hall–Kier alpha value is -3.60. The van der Waals surface area contributed by atoms with Crippen molar-refractivity contribution < 1.29 is 23.8 Å². The molecule has 0 bridgehead atoms. The van der Waals surface area contributed by atoms with E-state index in [9.17, 15) is 9.59 Å². The molecule has 5 nitrogen and oxygen atoms in total. The first-order valence-corrected chi connectivity index (χ1v) is 9.91. The van der Waals surface area contributed by atoms with Gasteiger partial charge in [-0.3, -0.25) is 0 Å². The van der Waals surface area contributed by atoms with Gasteiger partial charge in [-0.05, 0) is 24.1 Å². The Morgan fingerprint density at radius 3 is 2.07 bits per heavy atom. The third-order valence-electron chi connectivity index (χ3n) is 5.39. The van der Waals surface area contributed by atoms with Crippen LogP contribution in [0.5, 0.6) is 11.5 Å². The molecular formula is C25H22O5. The van der Waals surface area contributed by atoms with E-state index in [0.717, 1.165) is 23.0 Å². The molecule has 4 rings (SSSR count). The van der Waals surface area contributed by atoms with Crippen molar-refractivity contribution in [3.8, 4) is 11.5 Å². The zero-order chi connectivity index (χ0) is 21.0. The number of carbonyl (C=O) groups excluding carboxylic acids is 2. The van der Waals surface area contributed by atoms with Crippen LogP contribution in [0.1, 0.15) is 36.0 Å². The van der Waals surface area contributed by atoms with Crippen LogP contribution in [0.3, 0.4) is 0 Å². The van der Waals surface area contributed by atoms with E-state index in [1.165, 1.54) is 0 Å². The number of ether oxygens (including phenoxy) is 3. The summed E-state index contributed by atoms with van der Waals surface area (Å²) >= 11 is 0. The van der Waals surface area contributed by atoms with E-state index in [1.807, 2.05) is 85.8 Å². The van der Waals surface area contributed by atoms with Crippen molar-refractivity contribution in [2.75, 3.05) is 6.61 Å². The summed E-state index contributed by atoms with van der Waals surface area (Å²) < 4.78 is 17.3. The van der Waals surface area contributed by atoms with Crippen molar-refractivity contribution in [3.05, 3.63) is 95.6 Å². The largest absolute Gasteiger partial charge is 0.509 e. The summed E-state index contributed by atoms with van der Waals surface area (Å²) in [4.78, 5) is 24.3. The van der Waals surface area contributed by atoms with Crippen molar-refractivity contribution in [3.63, 3.8) is 0 Å². The van der Waals surface area contributed by atoms with Gasteiger partial charge in [-0.1, -0.05) is 73.7 Å². The Morgan fingerprint density at radius 1 is 0.933 bits per heavy atom. The summed E-state index contributed by atoms with van der Waals surface area (Å²) in [6.07, 6.45) is 0.443. The molecule has 0 N–H and O–H groups in total. The predicted molar refractivity (Wildman–Crippen MR) is 112 cm³/mol. The number of rotatable bonds is 6. The minimum absolute atomic E-state index is 0.0913. The zero-order valence-corrected chi connectivity index (χ0v) is 16.6. The van der Waals surface area contributed by atoms with Gasteiger partial charge in [0.05, 0.1) is 5.92 Å². The van der Waals surface area contributed by atoms with Gasteiger partial charge in [0.25, 0.3) is 0 Å². The van der Waals surface area contributed by atoms with Gasteiger partial charge in [-0.2, -0.15) is 0 Å². The van der Waals surface area contributed by atoms with Crippen LogP contribution in [0.15, 0.2) is 78.9 Å². The van der Waals surface area contributed by atoms with E-state index in [4.69, 9.17) is 14.2 Å². The summed E-state index contributed by atoms with van der Waals surface area (Å²) in [6.45, 7) is 1.86. The van der Waals surface area contributed by atoms with Gasteiger partial charge in [-0.15, -0.1) is 0 Å². The second-order valence-electron chi connectivity index (χ2n) is 7.09. The molecule has 30 heavy (non-hydrogen) atoms. The topological polar surface area (TPSA) is 61.8 Å². The molecule has 1 heterocycles. The van der Waals surface area contributed by atoms with Crippen LogP contribution < -0.4 is 4.74 Å². The lowest BCUT2D eigenvalue weighted by atomic mass is 9.81. The van der Waals surface area contributed by atoms with Crippen LogP contribution in [-0.4, -0.2) is 19.0 Å². The lowest BCUT2D eigenvalue weighted by Gasteiger charge is -2.38. The Morgan fingerprint density at radius 2 is 1.50 bits per heavy atom. The van der Waals surface area contributed by atoms with E-state index in [-0.39, 0.29) is 6.61 Å². The summed E-state index contributed by atoms with van der Waals surface area (Å²) in [6, 6.07) is 24.2. The molecule has 0 saturated heterocycles. The van der Waals surface area contributed by atoms with Gasteiger partial charge < -0.3 is 19.0 Å². The van der Waals surface area contributed by atoms with Gasteiger partial charge in [-0.25, -0.2) is 4.79 Å². The fourth-order valence-electron chi connectivity index (χ4n) is 3.85. The van der Waals surface area contributed by atoms with Crippen molar-refractivity contribution in [2.45, 2.75) is 24.9 Å². The molecule has 0 fully saturated rings. The number of hydrogen-bond donors (Lipinski definition) is 0. The highest BCUT2D eigenvalue weighted by molar-refractivity contribution is 5.67. The molecule has 1 aliphatic rings. The Balaban J connectivity index is 1.60. The highest BCUT2D eigenvalue weighted by Gasteiger charge is 2.44. The molecule has 0 amide bonds. The van der Waals surface area contributed by atoms with E-state index in [2.05, 4.69) is 0 Å². The molecule has 0 spiro atoms. The average molecular weight is 402 g/mol. The number of para-hydroxylation sites is 2. The minimum Gasteiger partial charge on any atom is -0.456 e. The first-order valence-electron chi connectivity index (χ1n) is 9.91. The second-order valence-corrected chi connectivity index (χ2v) is 7.09. The molecule has 1 aliphatic heterocycles. The number of aldehydes is 1. The fraction of sp³-hybridized carbons (Fsp3) is 0.200. The third kappa shape index (κ3) is 3.54. The van der Waals surface area contributed by atoms with Gasteiger partial charge in [0.15, 0.2) is 5.60 Å². The van der Waals surface area contributed by atoms with Crippen molar-refractivity contribution in [2.24, 2.45) is 0 Å². The van der Waals surface area contributed by atoms with Crippen LogP contribution in [0.25, 0.3) is 0 Å². The van der Waals surface area contributed by atoms with Crippen LogP contribution in [-0.2, 0) is 19.9 Å². The number of benzene rings is 3. The Labute approximate surface area is 175 Å². The molecular weight excluding hydrogens is 380 g/mol. The first kappa shape index (κ1) is 19.7. The maximum atomic E-state index is 12.7. The van der Waals surface area contributed by atoms with Gasteiger partial charge in [0.2, 0.25) is 0 Å². The summed E-state index contributed by atoms with van der Waals surface area (Å²) in [5.41, 5.74) is 1.27. The molecule has 1 unspecified atom stereocenters.